The summed E-state index contributed by atoms with van der Waals surface area (Å²) in [6.45, 7) is 4.46. The molecule has 1 amide bonds. The van der Waals surface area contributed by atoms with Crippen LogP contribution >= 0.6 is 0 Å². The van der Waals surface area contributed by atoms with E-state index in [9.17, 15) is 18.0 Å². The first-order chi connectivity index (χ1) is 14.2. The Bertz CT molecular complexity index is 1000. The van der Waals surface area contributed by atoms with Crippen molar-refractivity contribution in [2.75, 3.05) is 36.5 Å². The lowest BCUT2D eigenvalue weighted by molar-refractivity contribution is -0.123. The second-order valence-corrected chi connectivity index (χ2v) is 8.31. The number of rotatable bonds is 6. The fourth-order valence-electron chi connectivity index (χ4n) is 2.88. The summed E-state index contributed by atoms with van der Waals surface area (Å²) in [5.41, 5.74) is 1.73. The number of nitrogens with zero attached hydrogens (tertiary/aromatic N) is 1. The van der Waals surface area contributed by atoms with Gasteiger partial charge in [-0.15, -0.1) is 0 Å². The summed E-state index contributed by atoms with van der Waals surface area (Å²) < 4.78 is 33.0. The van der Waals surface area contributed by atoms with E-state index >= 15 is 0 Å². The third-order valence-electron chi connectivity index (χ3n) is 4.58. The molecule has 1 fully saturated rings. The topological polar surface area (TPSA) is 128 Å². The molecule has 1 aliphatic heterocycles. The van der Waals surface area contributed by atoms with Crippen LogP contribution in [0.4, 0.5) is 11.4 Å². The minimum atomic E-state index is -3.85. The standard InChI is InChI=1S/C20H23N3O6S/c1-14(29-20(25)15-2-8-18(9-3-15)30(21,26)27)19(24)22-16-4-6-17(7-5-16)23-10-12-28-13-11-23/h2-9,14H,10-13H2,1H3,(H,22,24)(H2,21,26,27)/t14-/m1/s1. The second kappa shape index (κ2) is 9.24. The van der Waals surface area contributed by atoms with Crippen LogP contribution in [0.3, 0.4) is 0 Å². The van der Waals surface area contributed by atoms with Gasteiger partial charge in [0, 0.05) is 24.5 Å². The molecule has 10 heteroatoms. The third kappa shape index (κ3) is 5.56. The minimum absolute atomic E-state index is 0.108. The summed E-state index contributed by atoms with van der Waals surface area (Å²) in [6, 6.07) is 12.3. The van der Waals surface area contributed by atoms with Gasteiger partial charge in [0.05, 0.1) is 23.7 Å². The van der Waals surface area contributed by atoms with Crippen LogP contribution in [-0.4, -0.2) is 52.7 Å². The number of primary sulfonamides is 1. The maximum Gasteiger partial charge on any atom is 0.338 e. The molecule has 1 aliphatic rings. The Hall–Kier alpha value is -2.95. The molecular weight excluding hydrogens is 410 g/mol. The first-order valence-corrected chi connectivity index (χ1v) is 10.9. The smallest absolute Gasteiger partial charge is 0.338 e. The lowest BCUT2D eigenvalue weighted by Crippen LogP contribution is -2.36. The Labute approximate surface area is 174 Å². The molecule has 0 saturated carbocycles. The molecule has 1 atom stereocenters. The molecular formula is C20H23N3O6S. The van der Waals surface area contributed by atoms with E-state index in [1.807, 2.05) is 12.1 Å². The summed E-state index contributed by atoms with van der Waals surface area (Å²) in [7, 11) is -3.85. The highest BCUT2D eigenvalue weighted by Gasteiger charge is 2.20. The molecule has 2 aromatic rings. The highest BCUT2D eigenvalue weighted by atomic mass is 32.2. The average Bonchev–Trinajstić information content (AvgIpc) is 2.74. The largest absolute Gasteiger partial charge is 0.449 e. The zero-order valence-corrected chi connectivity index (χ0v) is 17.2. The van der Waals surface area contributed by atoms with Crippen LogP contribution in [0.25, 0.3) is 0 Å². The molecule has 3 N–H and O–H groups in total. The third-order valence-corrected chi connectivity index (χ3v) is 5.51. The van der Waals surface area contributed by atoms with E-state index in [0.29, 0.717) is 18.9 Å². The van der Waals surface area contributed by atoms with E-state index < -0.39 is 28.0 Å². The van der Waals surface area contributed by atoms with Crippen molar-refractivity contribution in [1.82, 2.24) is 0 Å². The highest BCUT2D eigenvalue weighted by Crippen LogP contribution is 2.19. The zero-order valence-electron chi connectivity index (χ0n) is 16.4. The van der Waals surface area contributed by atoms with Crippen LogP contribution in [0.1, 0.15) is 17.3 Å². The monoisotopic (exact) mass is 433 g/mol. The van der Waals surface area contributed by atoms with E-state index in [2.05, 4.69) is 10.2 Å². The molecule has 3 rings (SSSR count). The van der Waals surface area contributed by atoms with Crippen LogP contribution in [-0.2, 0) is 24.3 Å². The van der Waals surface area contributed by atoms with Crippen LogP contribution in [0.15, 0.2) is 53.4 Å². The quantitative estimate of drug-likeness (QED) is 0.658. The number of amides is 1. The predicted molar refractivity (Wildman–Crippen MR) is 111 cm³/mol. The molecule has 2 aromatic carbocycles. The summed E-state index contributed by atoms with van der Waals surface area (Å²) in [6.07, 6.45) is -1.05. The fraction of sp³-hybridized carbons (Fsp3) is 0.300. The van der Waals surface area contributed by atoms with Gasteiger partial charge < -0.3 is 19.7 Å². The number of hydrogen-bond donors (Lipinski definition) is 2. The summed E-state index contributed by atoms with van der Waals surface area (Å²) in [5.74, 6) is -1.23. The number of carbonyl (C=O) groups is 2. The minimum Gasteiger partial charge on any atom is -0.449 e. The SMILES string of the molecule is C[C@@H](OC(=O)c1ccc(S(N)(=O)=O)cc1)C(=O)Nc1ccc(N2CCOCC2)cc1. The van der Waals surface area contributed by atoms with E-state index in [1.165, 1.54) is 31.2 Å². The van der Waals surface area contributed by atoms with Gasteiger partial charge in [-0.2, -0.15) is 0 Å². The molecule has 0 bridgehead atoms. The Morgan fingerprint density at radius 2 is 1.67 bits per heavy atom. The second-order valence-electron chi connectivity index (χ2n) is 6.75. The molecule has 0 aliphatic carbocycles. The fourth-order valence-corrected chi connectivity index (χ4v) is 3.40. The number of anilines is 2. The van der Waals surface area contributed by atoms with E-state index in [0.717, 1.165) is 18.8 Å². The molecule has 0 aromatic heterocycles. The highest BCUT2D eigenvalue weighted by molar-refractivity contribution is 7.89. The Kier molecular flexibility index (Phi) is 6.70. The Morgan fingerprint density at radius 3 is 2.23 bits per heavy atom. The van der Waals surface area contributed by atoms with Crippen LogP contribution in [0.5, 0.6) is 0 Å². The number of nitrogens with one attached hydrogen (secondary N) is 1. The molecule has 9 nitrogen and oxygen atoms in total. The molecule has 1 saturated heterocycles. The van der Waals surface area contributed by atoms with Gasteiger partial charge in [0.25, 0.3) is 5.91 Å². The molecule has 160 valence electrons. The van der Waals surface area contributed by atoms with Gasteiger partial charge in [0.1, 0.15) is 0 Å². The number of esters is 1. The van der Waals surface area contributed by atoms with Crippen molar-refractivity contribution in [3.05, 3.63) is 54.1 Å². The number of ether oxygens (including phenoxy) is 2. The molecule has 1 heterocycles. The van der Waals surface area contributed by atoms with Crippen LogP contribution in [0, 0.1) is 0 Å². The van der Waals surface area contributed by atoms with Crippen molar-refractivity contribution in [2.45, 2.75) is 17.9 Å². The number of nitrogens with two attached hydrogens (primary N) is 1. The van der Waals surface area contributed by atoms with Crippen LogP contribution < -0.4 is 15.4 Å². The van der Waals surface area contributed by atoms with Crippen LogP contribution in [0.2, 0.25) is 0 Å². The van der Waals surface area contributed by atoms with Gasteiger partial charge in [-0.3, -0.25) is 4.79 Å². The molecule has 0 radical (unpaired) electrons. The van der Waals surface area contributed by atoms with Crippen molar-refractivity contribution >= 4 is 33.3 Å². The van der Waals surface area contributed by atoms with Gasteiger partial charge in [0.15, 0.2) is 6.10 Å². The maximum absolute atomic E-state index is 12.3. The van der Waals surface area contributed by atoms with E-state index in [1.54, 1.807) is 12.1 Å². The number of sulfonamides is 1. The van der Waals surface area contributed by atoms with Crippen molar-refractivity contribution < 1.29 is 27.5 Å². The van der Waals surface area contributed by atoms with Gasteiger partial charge in [0.2, 0.25) is 10.0 Å². The molecule has 0 spiro atoms. The summed E-state index contributed by atoms with van der Waals surface area (Å²) in [4.78, 5) is 26.6. The van der Waals surface area contributed by atoms with Gasteiger partial charge in [-0.1, -0.05) is 0 Å². The number of carbonyl (C=O) groups excluding carboxylic acids is 2. The van der Waals surface area contributed by atoms with Gasteiger partial charge >= 0.3 is 5.97 Å². The zero-order chi connectivity index (χ0) is 21.7. The number of benzene rings is 2. The molecule has 0 unspecified atom stereocenters. The average molecular weight is 433 g/mol. The first-order valence-electron chi connectivity index (χ1n) is 9.31. The van der Waals surface area contributed by atoms with Crippen molar-refractivity contribution in [3.63, 3.8) is 0 Å². The van der Waals surface area contributed by atoms with Crippen molar-refractivity contribution in [2.24, 2.45) is 5.14 Å². The normalized spacial score (nSPS) is 15.3. The van der Waals surface area contributed by atoms with Crippen molar-refractivity contribution in [3.8, 4) is 0 Å². The Balaban J connectivity index is 1.55. The van der Waals surface area contributed by atoms with E-state index in [-0.39, 0.29) is 10.5 Å². The number of morpholine rings is 1. The van der Waals surface area contributed by atoms with Gasteiger partial charge in [-0.05, 0) is 55.5 Å². The maximum atomic E-state index is 12.3. The Morgan fingerprint density at radius 1 is 1.07 bits per heavy atom. The number of hydrogen-bond acceptors (Lipinski definition) is 7. The predicted octanol–water partition coefficient (Wildman–Crippen LogP) is 1.35. The van der Waals surface area contributed by atoms with Crippen molar-refractivity contribution in [1.29, 1.82) is 0 Å². The van der Waals surface area contributed by atoms with Gasteiger partial charge in [-0.25, -0.2) is 18.4 Å². The summed E-state index contributed by atoms with van der Waals surface area (Å²) in [5, 5.41) is 7.73. The van der Waals surface area contributed by atoms with E-state index in [4.69, 9.17) is 14.6 Å². The first kappa shape index (κ1) is 21.8. The lowest BCUT2D eigenvalue weighted by atomic mass is 10.2. The summed E-state index contributed by atoms with van der Waals surface area (Å²) >= 11 is 0. The lowest BCUT2D eigenvalue weighted by Gasteiger charge is -2.28. The molecule has 30 heavy (non-hydrogen) atoms.